The summed E-state index contributed by atoms with van der Waals surface area (Å²) in [6.07, 6.45) is 2.26. The monoisotopic (exact) mass is 299 g/mol. The molecule has 1 unspecified atom stereocenters. The van der Waals surface area contributed by atoms with Gasteiger partial charge in [-0.1, -0.05) is 0 Å². The van der Waals surface area contributed by atoms with E-state index in [0.717, 1.165) is 19.4 Å². The molecule has 0 spiro atoms. The van der Waals surface area contributed by atoms with E-state index < -0.39 is 16.9 Å². The van der Waals surface area contributed by atoms with E-state index in [1.165, 1.54) is 0 Å². The minimum absolute atomic E-state index is 0.227. The van der Waals surface area contributed by atoms with E-state index in [9.17, 15) is 14.7 Å². The van der Waals surface area contributed by atoms with Crippen LogP contribution in [0.3, 0.4) is 0 Å². The third-order valence-corrected chi connectivity index (χ3v) is 5.02. The Morgan fingerprint density at radius 3 is 2.33 bits per heavy atom. The number of carbonyl (C=O) groups is 2. The summed E-state index contributed by atoms with van der Waals surface area (Å²) in [7, 11) is 3.83. The van der Waals surface area contributed by atoms with E-state index in [2.05, 4.69) is 17.3 Å². The number of carbonyl (C=O) groups excluding carboxylic acids is 1. The fourth-order valence-corrected chi connectivity index (χ4v) is 2.40. The quantitative estimate of drug-likeness (QED) is 0.809. The van der Waals surface area contributed by atoms with Crippen LogP contribution in [0.1, 0.15) is 40.5 Å². The first-order valence-corrected chi connectivity index (χ1v) is 7.46. The van der Waals surface area contributed by atoms with Crippen LogP contribution >= 0.6 is 0 Å². The van der Waals surface area contributed by atoms with Crippen molar-refractivity contribution in [2.45, 2.75) is 52.1 Å². The molecule has 1 saturated heterocycles. The molecule has 1 aliphatic rings. The Bertz CT molecular complexity index is 407. The lowest BCUT2D eigenvalue weighted by Gasteiger charge is -2.40. The third-order valence-electron chi connectivity index (χ3n) is 5.02. The Balaban J connectivity index is 2.65. The van der Waals surface area contributed by atoms with Gasteiger partial charge in [0.1, 0.15) is 0 Å². The normalized spacial score (nSPS) is 20.4. The van der Waals surface area contributed by atoms with Gasteiger partial charge in [0.05, 0.1) is 11.0 Å². The molecule has 1 atom stereocenters. The highest BCUT2D eigenvalue weighted by atomic mass is 16.4. The molecule has 6 nitrogen and oxygen atoms in total. The Morgan fingerprint density at radius 1 is 1.33 bits per heavy atom. The average molecular weight is 299 g/mol. The highest BCUT2D eigenvalue weighted by Crippen LogP contribution is 2.30. The molecule has 0 aromatic heterocycles. The second-order valence-corrected chi connectivity index (χ2v) is 7.14. The number of amides is 2. The van der Waals surface area contributed by atoms with E-state index in [-0.39, 0.29) is 6.03 Å². The zero-order valence-electron chi connectivity index (χ0n) is 14.1. The predicted molar refractivity (Wildman–Crippen MR) is 82.3 cm³/mol. The van der Waals surface area contributed by atoms with Crippen molar-refractivity contribution in [1.82, 2.24) is 15.1 Å². The first-order chi connectivity index (χ1) is 9.49. The summed E-state index contributed by atoms with van der Waals surface area (Å²) < 4.78 is 0. The molecule has 1 fully saturated rings. The molecular formula is C15H29N3O3. The molecule has 0 bridgehead atoms. The van der Waals surface area contributed by atoms with Crippen molar-refractivity contribution < 1.29 is 14.7 Å². The van der Waals surface area contributed by atoms with E-state index in [4.69, 9.17) is 0 Å². The third kappa shape index (κ3) is 3.87. The number of likely N-dealkylation sites (tertiary alicyclic amines) is 1. The molecule has 122 valence electrons. The molecule has 2 amide bonds. The summed E-state index contributed by atoms with van der Waals surface area (Å²) in [4.78, 5) is 27.6. The lowest BCUT2D eigenvalue weighted by atomic mass is 9.74. The van der Waals surface area contributed by atoms with E-state index in [0.29, 0.717) is 12.6 Å². The Morgan fingerprint density at radius 2 is 1.90 bits per heavy atom. The molecule has 21 heavy (non-hydrogen) atoms. The second kappa shape index (κ2) is 6.22. The molecule has 0 radical (unpaired) electrons. The van der Waals surface area contributed by atoms with Gasteiger partial charge in [-0.3, -0.25) is 4.79 Å². The number of nitrogens with one attached hydrogen (secondary N) is 1. The molecule has 0 saturated carbocycles. The first kappa shape index (κ1) is 17.8. The Hall–Kier alpha value is -1.30. The molecule has 0 aliphatic carbocycles. The van der Waals surface area contributed by atoms with Crippen molar-refractivity contribution in [3.05, 3.63) is 0 Å². The summed E-state index contributed by atoms with van der Waals surface area (Å²) in [6, 6.07) is 0.158. The molecule has 2 N–H and O–H groups in total. The summed E-state index contributed by atoms with van der Waals surface area (Å²) in [5, 5.41) is 12.2. The van der Waals surface area contributed by atoms with Gasteiger partial charge in [0.25, 0.3) is 0 Å². The first-order valence-electron chi connectivity index (χ1n) is 7.46. The SMILES string of the molecule is CN(CC1CCCN1C)C(=O)NC(C)(C)C(C)(C)C(=O)O. The highest BCUT2D eigenvalue weighted by Gasteiger charge is 2.44. The molecule has 6 heteroatoms. The summed E-state index contributed by atoms with van der Waals surface area (Å²) in [6.45, 7) is 8.47. The summed E-state index contributed by atoms with van der Waals surface area (Å²) >= 11 is 0. The van der Waals surface area contributed by atoms with Crippen LogP contribution in [0.4, 0.5) is 4.79 Å². The van der Waals surface area contributed by atoms with Crippen LogP contribution in [0.15, 0.2) is 0 Å². The van der Waals surface area contributed by atoms with Crippen molar-refractivity contribution in [3.63, 3.8) is 0 Å². The zero-order chi connectivity index (χ0) is 16.4. The summed E-state index contributed by atoms with van der Waals surface area (Å²) in [5.41, 5.74) is -1.89. The van der Waals surface area contributed by atoms with Gasteiger partial charge in [0.2, 0.25) is 0 Å². The highest BCUT2D eigenvalue weighted by molar-refractivity contribution is 5.79. The van der Waals surface area contributed by atoms with E-state index in [1.807, 2.05) is 0 Å². The molecule has 1 aliphatic heterocycles. The van der Waals surface area contributed by atoms with Gasteiger partial charge in [-0.2, -0.15) is 0 Å². The maximum Gasteiger partial charge on any atom is 0.317 e. The number of likely N-dealkylation sites (N-methyl/N-ethyl adjacent to an activating group) is 2. The smallest absolute Gasteiger partial charge is 0.317 e. The lowest BCUT2D eigenvalue weighted by molar-refractivity contribution is -0.150. The van der Waals surface area contributed by atoms with Crippen LogP contribution in [0.5, 0.6) is 0 Å². The number of aliphatic carboxylic acids is 1. The van der Waals surface area contributed by atoms with Crippen LogP contribution in [-0.2, 0) is 4.79 Å². The molecule has 0 aromatic carbocycles. The van der Waals surface area contributed by atoms with Crippen molar-refractivity contribution in [3.8, 4) is 0 Å². The van der Waals surface area contributed by atoms with Gasteiger partial charge < -0.3 is 20.2 Å². The standard InChI is InChI=1S/C15H29N3O3/c1-14(2,12(19)20)15(3,4)16-13(21)18(6)10-11-8-7-9-17(11)5/h11H,7-10H2,1-6H3,(H,16,21)(H,19,20). The van der Waals surface area contributed by atoms with Gasteiger partial charge in [-0.25, -0.2) is 4.79 Å². The van der Waals surface area contributed by atoms with Gasteiger partial charge >= 0.3 is 12.0 Å². The number of carboxylic acids is 1. The van der Waals surface area contributed by atoms with Gasteiger partial charge in [0.15, 0.2) is 0 Å². The Labute approximate surface area is 127 Å². The number of hydrogen-bond donors (Lipinski definition) is 2. The fourth-order valence-electron chi connectivity index (χ4n) is 2.40. The molecular weight excluding hydrogens is 270 g/mol. The topological polar surface area (TPSA) is 72.9 Å². The van der Waals surface area contributed by atoms with Gasteiger partial charge in [0, 0.05) is 19.6 Å². The molecule has 1 rings (SSSR count). The minimum Gasteiger partial charge on any atom is -0.481 e. The fraction of sp³-hybridized carbons (Fsp3) is 0.867. The number of nitrogens with zero attached hydrogens (tertiary/aromatic N) is 2. The second-order valence-electron chi connectivity index (χ2n) is 7.14. The maximum atomic E-state index is 12.3. The van der Waals surface area contributed by atoms with Crippen molar-refractivity contribution in [2.24, 2.45) is 5.41 Å². The summed E-state index contributed by atoms with van der Waals surface area (Å²) in [5.74, 6) is -0.925. The van der Waals surface area contributed by atoms with Crippen LogP contribution in [0, 0.1) is 5.41 Å². The van der Waals surface area contributed by atoms with Crippen LogP contribution in [0.25, 0.3) is 0 Å². The van der Waals surface area contributed by atoms with Crippen molar-refractivity contribution in [1.29, 1.82) is 0 Å². The number of hydrogen-bond acceptors (Lipinski definition) is 3. The predicted octanol–water partition coefficient (Wildman–Crippen LogP) is 1.61. The number of rotatable bonds is 5. The van der Waals surface area contributed by atoms with Gasteiger partial charge in [-0.15, -0.1) is 0 Å². The average Bonchev–Trinajstić information content (AvgIpc) is 2.73. The van der Waals surface area contributed by atoms with E-state index in [1.54, 1.807) is 39.6 Å². The largest absolute Gasteiger partial charge is 0.481 e. The van der Waals surface area contributed by atoms with Crippen LogP contribution in [-0.4, -0.2) is 65.7 Å². The lowest BCUT2D eigenvalue weighted by Crippen LogP contribution is -2.59. The van der Waals surface area contributed by atoms with Crippen molar-refractivity contribution >= 4 is 12.0 Å². The van der Waals surface area contributed by atoms with E-state index >= 15 is 0 Å². The van der Waals surface area contributed by atoms with Gasteiger partial charge in [-0.05, 0) is 54.1 Å². The maximum absolute atomic E-state index is 12.3. The molecule has 1 heterocycles. The minimum atomic E-state index is -1.05. The Kier molecular flexibility index (Phi) is 5.25. The molecule has 0 aromatic rings. The van der Waals surface area contributed by atoms with Crippen LogP contribution < -0.4 is 5.32 Å². The van der Waals surface area contributed by atoms with Crippen molar-refractivity contribution in [2.75, 3.05) is 27.2 Å². The number of carboxylic acid groups (broad SMARTS) is 1. The zero-order valence-corrected chi connectivity index (χ0v) is 14.1. The number of urea groups is 1. The van der Waals surface area contributed by atoms with Crippen LogP contribution in [0.2, 0.25) is 0 Å².